The van der Waals surface area contributed by atoms with Gasteiger partial charge in [-0.2, -0.15) is 0 Å². The van der Waals surface area contributed by atoms with Gasteiger partial charge in [0.05, 0.1) is 13.5 Å². The van der Waals surface area contributed by atoms with Crippen molar-refractivity contribution < 1.29 is 9.53 Å². The second kappa shape index (κ2) is 4.33. The van der Waals surface area contributed by atoms with E-state index in [0.29, 0.717) is 0 Å². The van der Waals surface area contributed by atoms with Crippen LogP contribution in [-0.2, 0) is 9.53 Å². The summed E-state index contributed by atoms with van der Waals surface area (Å²) in [4.78, 5) is 17.5. The van der Waals surface area contributed by atoms with E-state index in [2.05, 4.69) is 14.7 Å². The molecule has 0 aliphatic heterocycles. The van der Waals surface area contributed by atoms with Crippen LogP contribution in [0.1, 0.15) is 12.2 Å². The van der Waals surface area contributed by atoms with Crippen LogP contribution in [0.5, 0.6) is 0 Å². The van der Waals surface area contributed by atoms with Crippen molar-refractivity contribution in [2.75, 3.05) is 7.11 Å². The summed E-state index contributed by atoms with van der Waals surface area (Å²) in [6, 6.07) is 0. The van der Waals surface area contributed by atoms with E-state index in [9.17, 15) is 4.79 Å². The topological polar surface area (TPSA) is 55.0 Å². The summed E-state index contributed by atoms with van der Waals surface area (Å²) in [5.74, 6) is 0.483. The summed E-state index contributed by atoms with van der Waals surface area (Å²) < 4.78 is 4.45. The highest BCUT2D eigenvalue weighted by atomic mass is 16.5. The molecule has 0 radical (unpaired) electrons. The predicted molar refractivity (Wildman–Crippen MR) is 44.3 cm³/mol. The molecule has 0 aliphatic rings. The zero-order valence-electron chi connectivity index (χ0n) is 6.78. The number of imidazole rings is 1. The molecule has 0 bridgehead atoms. The van der Waals surface area contributed by atoms with Gasteiger partial charge in [0.2, 0.25) is 0 Å². The minimum atomic E-state index is -0.252. The third-order valence-corrected chi connectivity index (χ3v) is 1.31. The molecule has 4 heteroatoms. The number of nitrogens with one attached hydrogen (secondary N) is 1. The first-order chi connectivity index (χ1) is 5.83. The average Bonchev–Trinajstić information content (AvgIpc) is 2.57. The van der Waals surface area contributed by atoms with Crippen LogP contribution in [0.2, 0.25) is 0 Å². The molecule has 64 valence electrons. The lowest BCUT2D eigenvalue weighted by Gasteiger charge is -1.90. The Kier molecular flexibility index (Phi) is 3.07. The molecule has 12 heavy (non-hydrogen) atoms. The molecule has 0 fully saturated rings. The molecule has 4 nitrogen and oxygen atoms in total. The van der Waals surface area contributed by atoms with Crippen molar-refractivity contribution in [2.45, 2.75) is 6.42 Å². The number of methoxy groups -OCH3 is 1. The van der Waals surface area contributed by atoms with Gasteiger partial charge in [-0.1, -0.05) is 6.08 Å². The standard InChI is InChI=1S/C8H10N2O2/c1-12-8(11)4-2-3-7-9-5-6-10-7/h2-3,5-6H,4H2,1H3,(H,9,10). The van der Waals surface area contributed by atoms with Crippen LogP contribution < -0.4 is 0 Å². The van der Waals surface area contributed by atoms with Gasteiger partial charge in [-0.3, -0.25) is 4.79 Å². The minimum absolute atomic E-state index is 0.252. The Bertz CT molecular complexity index is 265. The molecule has 1 aromatic rings. The third kappa shape index (κ3) is 2.57. The number of carbonyl (C=O) groups excluding carboxylic acids is 1. The molecule has 0 spiro atoms. The predicted octanol–water partition coefficient (Wildman–Crippen LogP) is 0.986. The molecule has 0 aromatic carbocycles. The van der Waals surface area contributed by atoms with Crippen molar-refractivity contribution in [2.24, 2.45) is 0 Å². The lowest BCUT2D eigenvalue weighted by Crippen LogP contribution is -1.96. The van der Waals surface area contributed by atoms with Crippen LogP contribution in [-0.4, -0.2) is 23.0 Å². The molecular weight excluding hydrogens is 156 g/mol. The summed E-state index contributed by atoms with van der Waals surface area (Å²) in [5.41, 5.74) is 0. The molecule has 0 aliphatic carbocycles. The van der Waals surface area contributed by atoms with Crippen molar-refractivity contribution in [3.63, 3.8) is 0 Å². The number of aromatic nitrogens is 2. The van der Waals surface area contributed by atoms with E-state index < -0.39 is 0 Å². The molecule has 0 saturated heterocycles. The van der Waals surface area contributed by atoms with E-state index in [1.807, 2.05) is 0 Å². The number of hydrogen-bond acceptors (Lipinski definition) is 3. The zero-order chi connectivity index (χ0) is 8.81. The van der Waals surface area contributed by atoms with E-state index in [-0.39, 0.29) is 12.4 Å². The Morgan fingerprint density at radius 1 is 1.83 bits per heavy atom. The fraction of sp³-hybridized carbons (Fsp3) is 0.250. The van der Waals surface area contributed by atoms with Crippen molar-refractivity contribution in [1.82, 2.24) is 9.97 Å². The third-order valence-electron chi connectivity index (χ3n) is 1.31. The minimum Gasteiger partial charge on any atom is -0.469 e. The van der Waals surface area contributed by atoms with Gasteiger partial charge in [-0.15, -0.1) is 0 Å². The highest BCUT2D eigenvalue weighted by Crippen LogP contribution is 1.94. The molecule has 1 rings (SSSR count). The van der Waals surface area contributed by atoms with E-state index in [0.717, 1.165) is 5.82 Å². The van der Waals surface area contributed by atoms with Gasteiger partial charge in [0.15, 0.2) is 0 Å². The van der Waals surface area contributed by atoms with Gasteiger partial charge in [0.1, 0.15) is 5.82 Å². The van der Waals surface area contributed by atoms with Gasteiger partial charge in [0, 0.05) is 12.4 Å². The largest absolute Gasteiger partial charge is 0.469 e. The number of nitrogens with zero attached hydrogens (tertiary/aromatic N) is 1. The van der Waals surface area contributed by atoms with Crippen LogP contribution in [0.25, 0.3) is 6.08 Å². The summed E-state index contributed by atoms with van der Waals surface area (Å²) in [6.45, 7) is 0. The maximum absolute atomic E-state index is 10.6. The lowest BCUT2D eigenvalue weighted by atomic mass is 10.4. The fourth-order valence-corrected chi connectivity index (χ4v) is 0.719. The second-order valence-electron chi connectivity index (χ2n) is 2.16. The number of aromatic amines is 1. The summed E-state index contributed by atoms with van der Waals surface area (Å²) in [6.07, 6.45) is 7.08. The number of hydrogen-bond donors (Lipinski definition) is 1. The first-order valence-corrected chi connectivity index (χ1v) is 3.55. The summed E-state index contributed by atoms with van der Waals surface area (Å²) in [5, 5.41) is 0. The Morgan fingerprint density at radius 3 is 3.25 bits per heavy atom. The molecule has 0 atom stereocenters. The maximum atomic E-state index is 10.6. The summed E-state index contributed by atoms with van der Waals surface area (Å²) >= 11 is 0. The smallest absolute Gasteiger partial charge is 0.309 e. The Morgan fingerprint density at radius 2 is 2.67 bits per heavy atom. The number of H-pyrrole nitrogens is 1. The number of ether oxygens (including phenoxy) is 1. The molecule has 0 unspecified atom stereocenters. The lowest BCUT2D eigenvalue weighted by molar-refractivity contribution is -0.139. The number of carbonyl (C=O) groups is 1. The fourth-order valence-electron chi connectivity index (χ4n) is 0.719. The second-order valence-corrected chi connectivity index (χ2v) is 2.16. The van der Waals surface area contributed by atoms with Crippen LogP contribution in [0.3, 0.4) is 0 Å². The molecule has 0 amide bonds. The first-order valence-electron chi connectivity index (χ1n) is 3.55. The number of rotatable bonds is 3. The van der Waals surface area contributed by atoms with Crippen LogP contribution >= 0.6 is 0 Å². The number of esters is 1. The van der Waals surface area contributed by atoms with Gasteiger partial charge < -0.3 is 9.72 Å². The van der Waals surface area contributed by atoms with Crippen molar-refractivity contribution in [3.8, 4) is 0 Å². The molecule has 1 heterocycles. The highest BCUT2D eigenvalue weighted by molar-refractivity contribution is 5.72. The first kappa shape index (κ1) is 8.52. The highest BCUT2D eigenvalue weighted by Gasteiger charge is 1.93. The summed E-state index contributed by atoms with van der Waals surface area (Å²) in [7, 11) is 1.36. The van der Waals surface area contributed by atoms with Crippen molar-refractivity contribution in [3.05, 3.63) is 24.3 Å². The molecular formula is C8H10N2O2. The van der Waals surface area contributed by atoms with Crippen molar-refractivity contribution in [1.29, 1.82) is 0 Å². The van der Waals surface area contributed by atoms with E-state index in [4.69, 9.17) is 0 Å². The van der Waals surface area contributed by atoms with E-state index in [1.165, 1.54) is 7.11 Å². The van der Waals surface area contributed by atoms with Crippen molar-refractivity contribution >= 4 is 12.0 Å². The van der Waals surface area contributed by atoms with Crippen LogP contribution in [0.15, 0.2) is 18.5 Å². The van der Waals surface area contributed by atoms with Crippen LogP contribution in [0.4, 0.5) is 0 Å². The zero-order valence-corrected chi connectivity index (χ0v) is 6.78. The quantitative estimate of drug-likeness (QED) is 0.681. The normalized spacial score (nSPS) is 10.4. The Labute approximate surface area is 70.3 Å². The monoisotopic (exact) mass is 166 g/mol. The Balaban J connectivity index is 2.37. The SMILES string of the molecule is COC(=O)CC=Cc1ncc[nH]1. The van der Waals surface area contributed by atoms with E-state index in [1.54, 1.807) is 24.5 Å². The molecule has 1 N–H and O–H groups in total. The average molecular weight is 166 g/mol. The molecule has 0 saturated carbocycles. The van der Waals surface area contributed by atoms with Crippen LogP contribution in [0, 0.1) is 0 Å². The van der Waals surface area contributed by atoms with Gasteiger partial charge in [-0.25, -0.2) is 4.98 Å². The molecule has 1 aromatic heterocycles. The van der Waals surface area contributed by atoms with Gasteiger partial charge in [-0.05, 0) is 6.08 Å². The maximum Gasteiger partial charge on any atom is 0.309 e. The van der Waals surface area contributed by atoms with E-state index >= 15 is 0 Å². The van der Waals surface area contributed by atoms with Gasteiger partial charge >= 0.3 is 5.97 Å². The Hall–Kier alpha value is -1.58. The van der Waals surface area contributed by atoms with Gasteiger partial charge in [0.25, 0.3) is 0 Å².